The molecule has 0 unspecified atom stereocenters. The van der Waals surface area contributed by atoms with Gasteiger partial charge in [-0.15, -0.1) is 0 Å². The van der Waals surface area contributed by atoms with Crippen LogP contribution in [0.2, 0.25) is 0 Å². The van der Waals surface area contributed by atoms with Crippen molar-refractivity contribution >= 4 is 5.82 Å². The van der Waals surface area contributed by atoms with E-state index >= 15 is 0 Å². The topological polar surface area (TPSA) is 49.1 Å². The van der Waals surface area contributed by atoms with Gasteiger partial charge in [0, 0.05) is 20.2 Å². The van der Waals surface area contributed by atoms with Gasteiger partial charge in [0.15, 0.2) is 0 Å². The van der Waals surface area contributed by atoms with E-state index in [1.165, 1.54) is 5.57 Å². The van der Waals surface area contributed by atoms with Gasteiger partial charge in [0.2, 0.25) is 0 Å². The fraction of sp³-hybridized carbons (Fsp3) is 0.385. The summed E-state index contributed by atoms with van der Waals surface area (Å²) in [5, 5.41) is 8.81. The first-order chi connectivity index (χ1) is 8.33. The molecule has 4 heteroatoms. The monoisotopic (exact) mass is 229 g/mol. The summed E-state index contributed by atoms with van der Waals surface area (Å²) in [5.41, 5.74) is 1.80. The highest BCUT2D eigenvalue weighted by Gasteiger charge is 2.13. The number of nitrogens with zero attached hydrogens (tertiary/aromatic N) is 3. The zero-order valence-corrected chi connectivity index (χ0v) is 9.89. The molecule has 0 spiro atoms. The van der Waals surface area contributed by atoms with Crippen LogP contribution in [0.4, 0.5) is 5.82 Å². The van der Waals surface area contributed by atoms with Gasteiger partial charge in [-0.2, -0.15) is 5.26 Å². The highest BCUT2D eigenvalue weighted by molar-refractivity contribution is 5.43. The Hall–Kier alpha value is -1.86. The molecule has 0 bridgehead atoms. The molecule has 0 saturated carbocycles. The lowest BCUT2D eigenvalue weighted by molar-refractivity contribution is 0.222. The molecule has 0 amide bonds. The van der Waals surface area contributed by atoms with E-state index in [0.29, 0.717) is 12.3 Å². The number of nitriles is 1. The van der Waals surface area contributed by atoms with E-state index in [9.17, 15) is 0 Å². The molecule has 88 valence electrons. The summed E-state index contributed by atoms with van der Waals surface area (Å²) >= 11 is 0. The molecule has 2 heterocycles. The number of hydrogen-bond donors (Lipinski definition) is 0. The molecule has 0 aliphatic carbocycles. The van der Waals surface area contributed by atoms with Gasteiger partial charge in [-0.25, -0.2) is 4.98 Å². The zero-order chi connectivity index (χ0) is 12.1. The minimum absolute atomic E-state index is 0.467. The van der Waals surface area contributed by atoms with Crippen LogP contribution in [0.5, 0.6) is 0 Å². The quantitative estimate of drug-likeness (QED) is 0.741. The highest BCUT2D eigenvalue weighted by atomic mass is 16.5. The first-order valence-electron chi connectivity index (χ1n) is 5.62. The molecule has 0 aromatic carbocycles. The number of methoxy groups -OCH3 is 1. The second kappa shape index (κ2) is 5.46. The van der Waals surface area contributed by atoms with Crippen LogP contribution >= 0.6 is 0 Å². The number of anilines is 1. The van der Waals surface area contributed by atoms with Crippen molar-refractivity contribution in [2.45, 2.75) is 6.42 Å². The summed E-state index contributed by atoms with van der Waals surface area (Å²) in [4.78, 5) is 6.46. The SMILES string of the molecule is COCC1=CCN(c2cccc(C#N)n2)CC1. The summed E-state index contributed by atoms with van der Waals surface area (Å²) < 4.78 is 5.11. The normalized spacial score (nSPS) is 15.3. The summed E-state index contributed by atoms with van der Waals surface area (Å²) in [6.07, 6.45) is 3.17. The third-order valence-corrected chi connectivity index (χ3v) is 2.81. The van der Waals surface area contributed by atoms with E-state index in [1.54, 1.807) is 13.2 Å². The molecule has 1 aliphatic heterocycles. The Morgan fingerprint density at radius 1 is 1.53 bits per heavy atom. The standard InChI is InChI=1S/C13H15N3O/c1-17-10-11-5-7-16(8-6-11)13-4-2-3-12(9-14)15-13/h2-5H,6-8,10H2,1H3. The van der Waals surface area contributed by atoms with Crippen LogP contribution in [0.1, 0.15) is 12.1 Å². The maximum absolute atomic E-state index is 8.81. The molecule has 1 aromatic rings. The Kier molecular flexibility index (Phi) is 3.73. The molecule has 0 N–H and O–H groups in total. The van der Waals surface area contributed by atoms with Gasteiger partial charge in [0.05, 0.1) is 6.61 Å². The van der Waals surface area contributed by atoms with E-state index in [2.05, 4.69) is 22.0 Å². The maximum Gasteiger partial charge on any atom is 0.142 e. The molecule has 4 nitrogen and oxygen atoms in total. The van der Waals surface area contributed by atoms with Gasteiger partial charge < -0.3 is 9.64 Å². The zero-order valence-electron chi connectivity index (χ0n) is 9.89. The summed E-state index contributed by atoms with van der Waals surface area (Å²) in [6.45, 7) is 2.47. The third kappa shape index (κ3) is 2.83. The molecule has 0 fully saturated rings. The van der Waals surface area contributed by atoms with Crippen LogP contribution in [0.15, 0.2) is 29.8 Å². The predicted molar refractivity (Wildman–Crippen MR) is 65.7 cm³/mol. The van der Waals surface area contributed by atoms with Gasteiger partial charge in [-0.05, 0) is 24.1 Å². The summed E-state index contributed by atoms with van der Waals surface area (Å²) in [6, 6.07) is 7.59. The van der Waals surface area contributed by atoms with Crippen molar-refractivity contribution in [3.63, 3.8) is 0 Å². The van der Waals surface area contributed by atoms with Gasteiger partial charge in [0.25, 0.3) is 0 Å². The molecular formula is C13H15N3O. The molecule has 0 radical (unpaired) electrons. The summed E-state index contributed by atoms with van der Waals surface area (Å²) in [7, 11) is 1.71. The molecular weight excluding hydrogens is 214 g/mol. The second-order valence-corrected chi connectivity index (χ2v) is 3.98. The van der Waals surface area contributed by atoms with Crippen LogP contribution in [-0.4, -0.2) is 31.8 Å². The van der Waals surface area contributed by atoms with Crippen molar-refractivity contribution in [1.82, 2.24) is 4.98 Å². The minimum Gasteiger partial charge on any atom is -0.380 e. The van der Waals surface area contributed by atoms with Gasteiger partial charge in [-0.3, -0.25) is 0 Å². The number of pyridine rings is 1. The Labute approximate surface area is 101 Å². The number of ether oxygens (including phenoxy) is 1. The fourth-order valence-corrected chi connectivity index (χ4v) is 1.90. The van der Waals surface area contributed by atoms with Crippen LogP contribution in [0.3, 0.4) is 0 Å². The number of aromatic nitrogens is 1. The van der Waals surface area contributed by atoms with Crippen molar-refractivity contribution in [2.75, 3.05) is 31.7 Å². The Morgan fingerprint density at radius 3 is 3.06 bits per heavy atom. The lowest BCUT2D eigenvalue weighted by Crippen LogP contribution is -2.30. The maximum atomic E-state index is 8.81. The van der Waals surface area contributed by atoms with Gasteiger partial charge >= 0.3 is 0 Å². The molecule has 1 aliphatic rings. The summed E-state index contributed by atoms with van der Waals surface area (Å²) in [5.74, 6) is 0.872. The van der Waals surface area contributed by atoms with E-state index in [-0.39, 0.29) is 0 Å². The Bertz CT molecular complexity index is 462. The smallest absolute Gasteiger partial charge is 0.142 e. The predicted octanol–water partition coefficient (Wildman–Crippen LogP) is 1.74. The third-order valence-electron chi connectivity index (χ3n) is 2.81. The first kappa shape index (κ1) is 11.6. The molecule has 2 rings (SSSR count). The fourth-order valence-electron chi connectivity index (χ4n) is 1.90. The van der Waals surface area contributed by atoms with Crippen LogP contribution in [0, 0.1) is 11.3 Å². The Balaban J connectivity index is 2.08. The lowest BCUT2D eigenvalue weighted by Gasteiger charge is -2.27. The average Bonchev–Trinajstić information content (AvgIpc) is 2.40. The van der Waals surface area contributed by atoms with Crippen molar-refractivity contribution < 1.29 is 4.74 Å². The van der Waals surface area contributed by atoms with Crippen molar-refractivity contribution in [1.29, 1.82) is 5.26 Å². The van der Waals surface area contributed by atoms with Crippen molar-refractivity contribution in [3.05, 3.63) is 35.5 Å². The number of hydrogen-bond acceptors (Lipinski definition) is 4. The number of rotatable bonds is 3. The van der Waals surface area contributed by atoms with Crippen molar-refractivity contribution in [3.8, 4) is 6.07 Å². The van der Waals surface area contributed by atoms with Gasteiger partial charge in [-0.1, -0.05) is 12.1 Å². The molecule has 0 atom stereocenters. The second-order valence-electron chi connectivity index (χ2n) is 3.98. The van der Waals surface area contributed by atoms with Crippen LogP contribution < -0.4 is 4.90 Å². The highest BCUT2D eigenvalue weighted by Crippen LogP contribution is 2.17. The molecule has 17 heavy (non-hydrogen) atoms. The van der Waals surface area contributed by atoms with E-state index in [0.717, 1.165) is 25.3 Å². The first-order valence-corrected chi connectivity index (χ1v) is 5.62. The lowest BCUT2D eigenvalue weighted by atomic mass is 10.1. The average molecular weight is 229 g/mol. The van der Waals surface area contributed by atoms with Crippen LogP contribution in [0.25, 0.3) is 0 Å². The Morgan fingerprint density at radius 2 is 2.41 bits per heavy atom. The molecule has 1 aromatic heterocycles. The van der Waals surface area contributed by atoms with E-state index in [1.807, 2.05) is 12.1 Å². The minimum atomic E-state index is 0.467. The van der Waals surface area contributed by atoms with Crippen molar-refractivity contribution in [2.24, 2.45) is 0 Å². The van der Waals surface area contributed by atoms with Gasteiger partial charge in [0.1, 0.15) is 17.6 Å². The largest absolute Gasteiger partial charge is 0.380 e. The van der Waals surface area contributed by atoms with E-state index < -0.39 is 0 Å². The van der Waals surface area contributed by atoms with E-state index in [4.69, 9.17) is 10.00 Å². The molecule has 0 saturated heterocycles. The van der Waals surface area contributed by atoms with Crippen LogP contribution in [-0.2, 0) is 4.74 Å².